The first-order valence-corrected chi connectivity index (χ1v) is 7.39. The standard InChI is InChI=1S/C15H23N5O.HI/c1-3-13-11-14(21-19-13)12-18-15(16-4-2)17-7-10-20-8-5-6-9-20;/h5-6,8-9,11H,3-4,7,10,12H2,1-2H3,(H2,16,17,18);1H. The van der Waals surface area contributed by atoms with E-state index in [0.717, 1.165) is 43.5 Å². The Morgan fingerprint density at radius 3 is 2.68 bits per heavy atom. The minimum atomic E-state index is 0. The number of aryl methyl sites for hydroxylation is 1. The van der Waals surface area contributed by atoms with Gasteiger partial charge in [0.25, 0.3) is 0 Å². The van der Waals surface area contributed by atoms with Crippen LogP contribution in [0.15, 0.2) is 40.1 Å². The molecule has 0 bridgehead atoms. The number of nitrogens with one attached hydrogen (secondary N) is 2. The number of halogens is 1. The zero-order chi connectivity index (χ0) is 14.9. The van der Waals surface area contributed by atoms with E-state index in [-0.39, 0.29) is 24.0 Å². The molecule has 2 N–H and O–H groups in total. The van der Waals surface area contributed by atoms with Gasteiger partial charge in [0.05, 0.1) is 5.69 Å². The van der Waals surface area contributed by atoms with E-state index in [2.05, 4.69) is 32.3 Å². The molecule has 0 aromatic carbocycles. The summed E-state index contributed by atoms with van der Waals surface area (Å²) in [5.41, 5.74) is 0.964. The molecular weight excluding hydrogens is 393 g/mol. The van der Waals surface area contributed by atoms with Crippen molar-refractivity contribution in [2.75, 3.05) is 13.1 Å². The predicted molar refractivity (Wildman–Crippen MR) is 98.5 cm³/mol. The summed E-state index contributed by atoms with van der Waals surface area (Å²) in [5.74, 6) is 1.58. The van der Waals surface area contributed by atoms with E-state index in [4.69, 9.17) is 4.52 Å². The first-order valence-electron chi connectivity index (χ1n) is 7.39. The van der Waals surface area contributed by atoms with Gasteiger partial charge < -0.3 is 19.7 Å². The van der Waals surface area contributed by atoms with Gasteiger partial charge in [-0.1, -0.05) is 12.1 Å². The second-order valence-corrected chi connectivity index (χ2v) is 4.68. The van der Waals surface area contributed by atoms with E-state index in [1.807, 2.05) is 37.5 Å². The fourth-order valence-electron chi connectivity index (χ4n) is 1.92. The minimum Gasteiger partial charge on any atom is -0.359 e. The van der Waals surface area contributed by atoms with Gasteiger partial charge in [0.2, 0.25) is 0 Å². The maximum Gasteiger partial charge on any atom is 0.191 e. The van der Waals surface area contributed by atoms with Crippen LogP contribution in [0.5, 0.6) is 0 Å². The molecular formula is C15H24IN5O. The van der Waals surface area contributed by atoms with Crippen LogP contribution in [0.1, 0.15) is 25.3 Å². The van der Waals surface area contributed by atoms with E-state index in [0.29, 0.717) is 6.54 Å². The van der Waals surface area contributed by atoms with Gasteiger partial charge in [0, 0.05) is 38.1 Å². The van der Waals surface area contributed by atoms with Crippen molar-refractivity contribution in [3.8, 4) is 0 Å². The normalized spacial score (nSPS) is 11.1. The summed E-state index contributed by atoms with van der Waals surface area (Å²) in [5, 5.41) is 10.5. The summed E-state index contributed by atoms with van der Waals surface area (Å²) in [4.78, 5) is 4.50. The van der Waals surface area contributed by atoms with Gasteiger partial charge in [-0.2, -0.15) is 0 Å². The zero-order valence-electron chi connectivity index (χ0n) is 13.1. The molecule has 0 radical (unpaired) electrons. The Kier molecular flexibility index (Phi) is 8.64. The van der Waals surface area contributed by atoms with Gasteiger partial charge in [-0.05, 0) is 25.5 Å². The van der Waals surface area contributed by atoms with E-state index in [1.54, 1.807) is 0 Å². The maximum absolute atomic E-state index is 5.23. The first kappa shape index (κ1) is 18.5. The molecule has 2 aromatic rings. The molecule has 6 nitrogen and oxygen atoms in total. The molecule has 2 heterocycles. The quantitative estimate of drug-likeness (QED) is 0.413. The molecule has 0 aliphatic heterocycles. The summed E-state index contributed by atoms with van der Waals surface area (Å²) in [6.07, 6.45) is 4.97. The fourth-order valence-corrected chi connectivity index (χ4v) is 1.92. The van der Waals surface area contributed by atoms with Crippen molar-refractivity contribution in [3.05, 3.63) is 42.0 Å². The van der Waals surface area contributed by atoms with E-state index >= 15 is 0 Å². The van der Waals surface area contributed by atoms with E-state index < -0.39 is 0 Å². The second-order valence-electron chi connectivity index (χ2n) is 4.68. The third kappa shape index (κ3) is 6.08. The third-order valence-electron chi connectivity index (χ3n) is 3.04. The van der Waals surface area contributed by atoms with Gasteiger partial charge in [-0.25, -0.2) is 4.99 Å². The van der Waals surface area contributed by atoms with Gasteiger partial charge in [-0.3, -0.25) is 0 Å². The van der Waals surface area contributed by atoms with Crippen LogP contribution in [0.2, 0.25) is 0 Å². The highest BCUT2D eigenvalue weighted by atomic mass is 127. The lowest BCUT2D eigenvalue weighted by Gasteiger charge is -2.11. The van der Waals surface area contributed by atoms with Crippen LogP contribution in [0.3, 0.4) is 0 Å². The third-order valence-corrected chi connectivity index (χ3v) is 3.04. The number of nitrogens with zero attached hydrogens (tertiary/aromatic N) is 3. The molecule has 2 aromatic heterocycles. The largest absolute Gasteiger partial charge is 0.359 e. The molecule has 0 unspecified atom stereocenters. The topological polar surface area (TPSA) is 67.4 Å². The fraction of sp³-hybridized carbons (Fsp3) is 0.467. The highest BCUT2D eigenvalue weighted by Gasteiger charge is 2.03. The second kappa shape index (κ2) is 10.3. The van der Waals surface area contributed by atoms with Gasteiger partial charge >= 0.3 is 0 Å². The number of aliphatic imine (C=N–C) groups is 1. The Morgan fingerprint density at radius 2 is 2.05 bits per heavy atom. The Balaban J connectivity index is 0.00000242. The number of aromatic nitrogens is 2. The van der Waals surface area contributed by atoms with Crippen molar-refractivity contribution < 1.29 is 4.52 Å². The molecule has 0 aliphatic rings. The van der Waals surface area contributed by atoms with Crippen LogP contribution in [0.4, 0.5) is 0 Å². The van der Waals surface area contributed by atoms with Crippen molar-refractivity contribution in [2.24, 2.45) is 4.99 Å². The van der Waals surface area contributed by atoms with E-state index in [9.17, 15) is 0 Å². The average molecular weight is 417 g/mol. The molecule has 0 atom stereocenters. The van der Waals surface area contributed by atoms with Gasteiger partial charge in [0.1, 0.15) is 6.54 Å². The summed E-state index contributed by atoms with van der Waals surface area (Å²) >= 11 is 0. The Morgan fingerprint density at radius 1 is 1.27 bits per heavy atom. The van der Waals surface area contributed by atoms with Crippen molar-refractivity contribution in [1.29, 1.82) is 0 Å². The number of hydrogen-bond acceptors (Lipinski definition) is 3. The Bertz CT molecular complexity index is 550. The molecule has 0 saturated carbocycles. The molecule has 7 heteroatoms. The van der Waals surface area contributed by atoms with Crippen molar-refractivity contribution in [1.82, 2.24) is 20.4 Å². The lowest BCUT2D eigenvalue weighted by atomic mass is 10.3. The predicted octanol–water partition coefficient (Wildman–Crippen LogP) is 2.41. The first-order chi connectivity index (χ1) is 10.3. The van der Waals surface area contributed by atoms with Crippen LogP contribution in [0, 0.1) is 0 Å². The summed E-state index contributed by atoms with van der Waals surface area (Å²) < 4.78 is 7.36. The number of guanidine groups is 1. The molecule has 22 heavy (non-hydrogen) atoms. The Labute approximate surface area is 148 Å². The molecule has 0 aliphatic carbocycles. The van der Waals surface area contributed by atoms with Crippen LogP contribution in [-0.2, 0) is 19.5 Å². The van der Waals surface area contributed by atoms with Gasteiger partial charge in [-0.15, -0.1) is 24.0 Å². The van der Waals surface area contributed by atoms with Crippen molar-refractivity contribution in [2.45, 2.75) is 33.4 Å². The lowest BCUT2D eigenvalue weighted by Crippen LogP contribution is -2.38. The Hall–Kier alpha value is -1.51. The molecule has 0 amide bonds. The van der Waals surface area contributed by atoms with Crippen LogP contribution in [-0.4, -0.2) is 28.8 Å². The lowest BCUT2D eigenvalue weighted by molar-refractivity contribution is 0.379. The monoisotopic (exact) mass is 417 g/mol. The summed E-state index contributed by atoms with van der Waals surface area (Å²) in [6, 6.07) is 6.00. The SMILES string of the molecule is CCNC(=NCc1cc(CC)no1)NCCn1cccc1.I. The highest BCUT2D eigenvalue weighted by molar-refractivity contribution is 14.0. The number of rotatable bonds is 7. The highest BCUT2D eigenvalue weighted by Crippen LogP contribution is 2.05. The van der Waals surface area contributed by atoms with E-state index in [1.165, 1.54) is 0 Å². The van der Waals surface area contributed by atoms with Crippen LogP contribution < -0.4 is 10.6 Å². The van der Waals surface area contributed by atoms with Gasteiger partial charge in [0.15, 0.2) is 11.7 Å². The molecule has 0 fully saturated rings. The zero-order valence-corrected chi connectivity index (χ0v) is 15.4. The number of hydrogen-bond donors (Lipinski definition) is 2. The molecule has 2 rings (SSSR count). The molecule has 122 valence electrons. The van der Waals surface area contributed by atoms with Crippen LogP contribution in [0.25, 0.3) is 0 Å². The minimum absolute atomic E-state index is 0. The smallest absolute Gasteiger partial charge is 0.191 e. The molecule has 0 saturated heterocycles. The van der Waals surface area contributed by atoms with Crippen molar-refractivity contribution in [3.63, 3.8) is 0 Å². The van der Waals surface area contributed by atoms with Crippen molar-refractivity contribution >= 4 is 29.9 Å². The van der Waals surface area contributed by atoms with Crippen LogP contribution >= 0.6 is 24.0 Å². The summed E-state index contributed by atoms with van der Waals surface area (Å²) in [6.45, 7) is 7.14. The summed E-state index contributed by atoms with van der Waals surface area (Å²) in [7, 11) is 0. The molecule has 0 spiro atoms. The average Bonchev–Trinajstić information content (AvgIpc) is 3.16. The maximum atomic E-state index is 5.23.